The van der Waals surface area contributed by atoms with Crippen molar-refractivity contribution in [3.05, 3.63) is 47.8 Å². The molecule has 0 radical (unpaired) electrons. The Hall–Kier alpha value is -2.58. The first-order chi connectivity index (χ1) is 12.2. The third-order valence-electron chi connectivity index (χ3n) is 4.20. The zero-order valence-corrected chi connectivity index (χ0v) is 13.9. The molecule has 3 atom stereocenters. The fourth-order valence-electron chi connectivity index (χ4n) is 2.85. The van der Waals surface area contributed by atoms with Crippen molar-refractivity contribution in [2.45, 2.75) is 31.2 Å². The molecule has 0 aliphatic carbocycles. The van der Waals surface area contributed by atoms with Gasteiger partial charge in [-0.25, -0.2) is 4.79 Å². The SMILES string of the molecule is COc1ccc(C[C@H]2NC[C@H](O)[C@H]2OC(=O)NCc2ccn[nH]2)cc1. The molecule has 1 aromatic carbocycles. The highest BCUT2D eigenvalue weighted by Gasteiger charge is 2.37. The number of hydrogen-bond donors (Lipinski definition) is 4. The summed E-state index contributed by atoms with van der Waals surface area (Å²) in [4.78, 5) is 12.0. The molecule has 4 N–H and O–H groups in total. The third-order valence-corrected chi connectivity index (χ3v) is 4.20. The van der Waals surface area contributed by atoms with Gasteiger partial charge in [-0.05, 0) is 30.2 Å². The predicted molar refractivity (Wildman–Crippen MR) is 90.2 cm³/mol. The predicted octanol–water partition coefficient (Wildman–Crippen LogP) is 0.588. The Morgan fingerprint density at radius 2 is 2.16 bits per heavy atom. The summed E-state index contributed by atoms with van der Waals surface area (Å²) in [6, 6.07) is 9.29. The summed E-state index contributed by atoms with van der Waals surface area (Å²) in [6.07, 6.45) is 0.337. The van der Waals surface area contributed by atoms with Gasteiger partial charge in [0.1, 0.15) is 18.0 Å². The minimum atomic E-state index is -0.735. The molecule has 25 heavy (non-hydrogen) atoms. The number of β-amino-alcohol motifs (C(OH)–C–C–N with tert-alkyl or cyclic N) is 1. The van der Waals surface area contributed by atoms with Gasteiger partial charge in [0, 0.05) is 12.7 Å². The van der Waals surface area contributed by atoms with E-state index in [1.54, 1.807) is 19.4 Å². The van der Waals surface area contributed by atoms with Crippen LogP contribution >= 0.6 is 0 Å². The minimum Gasteiger partial charge on any atom is -0.497 e. The Balaban J connectivity index is 1.55. The maximum Gasteiger partial charge on any atom is 0.407 e. The number of nitrogens with one attached hydrogen (secondary N) is 3. The van der Waals surface area contributed by atoms with Gasteiger partial charge in [0.2, 0.25) is 0 Å². The molecule has 1 aromatic heterocycles. The summed E-state index contributed by atoms with van der Waals surface area (Å²) in [5.41, 5.74) is 1.84. The molecule has 0 spiro atoms. The molecule has 0 bridgehead atoms. The number of methoxy groups -OCH3 is 1. The van der Waals surface area contributed by atoms with Gasteiger partial charge >= 0.3 is 6.09 Å². The number of carbonyl (C=O) groups is 1. The van der Waals surface area contributed by atoms with Crippen LogP contribution in [0.25, 0.3) is 0 Å². The topological polar surface area (TPSA) is 108 Å². The van der Waals surface area contributed by atoms with E-state index in [0.717, 1.165) is 17.0 Å². The number of rotatable bonds is 6. The van der Waals surface area contributed by atoms with Crippen molar-refractivity contribution < 1.29 is 19.4 Å². The van der Waals surface area contributed by atoms with E-state index >= 15 is 0 Å². The van der Waals surface area contributed by atoms with Crippen molar-refractivity contribution in [3.8, 4) is 5.75 Å². The number of aliphatic hydroxyl groups is 1. The molecular weight excluding hydrogens is 324 g/mol. The summed E-state index contributed by atoms with van der Waals surface area (Å²) in [5, 5.41) is 22.5. The maximum absolute atomic E-state index is 12.0. The molecular formula is C17H22N4O4. The van der Waals surface area contributed by atoms with Crippen LogP contribution in [0.4, 0.5) is 4.79 Å². The van der Waals surface area contributed by atoms with Crippen LogP contribution in [0.2, 0.25) is 0 Å². The smallest absolute Gasteiger partial charge is 0.407 e. The van der Waals surface area contributed by atoms with Crippen molar-refractivity contribution in [1.82, 2.24) is 20.8 Å². The molecule has 1 amide bonds. The second kappa shape index (κ2) is 8.00. The first kappa shape index (κ1) is 17.2. The molecule has 134 valence electrons. The van der Waals surface area contributed by atoms with Gasteiger partial charge in [-0.3, -0.25) is 5.10 Å². The van der Waals surface area contributed by atoms with Gasteiger partial charge in [-0.15, -0.1) is 0 Å². The number of nitrogens with zero attached hydrogens (tertiary/aromatic N) is 1. The largest absolute Gasteiger partial charge is 0.497 e. The number of ether oxygens (including phenoxy) is 2. The summed E-state index contributed by atoms with van der Waals surface area (Å²) in [6.45, 7) is 0.678. The van der Waals surface area contributed by atoms with Gasteiger partial charge in [-0.1, -0.05) is 12.1 Å². The molecule has 3 rings (SSSR count). The number of alkyl carbamates (subject to hydrolysis) is 1. The standard InChI is InChI=1S/C17H22N4O4/c1-24-13-4-2-11(3-5-13)8-14-16(15(22)10-18-14)25-17(23)19-9-12-6-7-20-21-12/h2-7,14-16,18,22H,8-10H2,1H3,(H,19,23)(H,20,21)/t14-,15+,16+/m1/s1. The first-order valence-electron chi connectivity index (χ1n) is 8.13. The van der Waals surface area contributed by atoms with Crippen LogP contribution in [0.3, 0.4) is 0 Å². The molecule has 1 aliphatic rings. The van der Waals surface area contributed by atoms with Crippen LogP contribution in [0, 0.1) is 0 Å². The second-order valence-electron chi connectivity index (χ2n) is 5.94. The highest BCUT2D eigenvalue weighted by atomic mass is 16.6. The van der Waals surface area contributed by atoms with E-state index in [1.807, 2.05) is 24.3 Å². The van der Waals surface area contributed by atoms with Crippen molar-refractivity contribution in [2.24, 2.45) is 0 Å². The molecule has 0 unspecified atom stereocenters. The van der Waals surface area contributed by atoms with Crippen molar-refractivity contribution in [1.29, 1.82) is 0 Å². The summed E-state index contributed by atoms with van der Waals surface area (Å²) >= 11 is 0. The summed E-state index contributed by atoms with van der Waals surface area (Å²) in [5.74, 6) is 0.786. The number of aromatic amines is 1. The Bertz CT molecular complexity index is 674. The number of hydrogen-bond acceptors (Lipinski definition) is 6. The quantitative estimate of drug-likeness (QED) is 0.610. The number of benzene rings is 1. The lowest BCUT2D eigenvalue weighted by atomic mass is 10.0. The number of H-pyrrole nitrogens is 1. The number of aromatic nitrogens is 2. The highest BCUT2D eigenvalue weighted by molar-refractivity contribution is 5.67. The molecule has 1 saturated heterocycles. The van der Waals surface area contributed by atoms with E-state index in [-0.39, 0.29) is 12.6 Å². The molecule has 8 heteroatoms. The van der Waals surface area contributed by atoms with E-state index in [1.165, 1.54) is 0 Å². The molecule has 2 heterocycles. The van der Waals surface area contributed by atoms with Gasteiger partial charge < -0.3 is 25.2 Å². The number of aliphatic hydroxyl groups excluding tert-OH is 1. The zero-order valence-electron chi connectivity index (χ0n) is 13.9. The van der Waals surface area contributed by atoms with E-state index in [0.29, 0.717) is 13.0 Å². The Morgan fingerprint density at radius 3 is 2.84 bits per heavy atom. The molecule has 1 aliphatic heterocycles. The van der Waals surface area contributed by atoms with Crippen LogP contribution < -0.4 is 15.4 Å². The fourth-order valence-corrected chi connectivity index (χ4v) is 2.85. The van der Waals surface area contributed by atoms with Crippen molar-refractivity contribution >= 4 is 6.09 Å². The summed E-state index contributed by atoms with van der Waals surface area (Å²) < 4.78 is 10.6. The Kier molecular flexibility index (Phi) is 5.52. The van der Waals surface area contributed by atoms with Gasteiger partial charge in [-0.2, -0.15) is 5.10 Å². The molecule has 8 nitrogen and oxygen atoms in total. The third kappa shape index (κ3) is 4.49. The fraction of sp³-hybridized carbons (Fsp3) is 0.412. The van der Waals surface area contributed by atoms with E-state index in [4.69, 9.17) is 9.47 Å². The molecule has 2 aromatic rings. The van der Waals surface area contributed by atoms with Crippen LogP contribution in [0.5, 0.6) is 5.75 Å². The van der Waals surface area contributed by atoms with Crippen LogP contribution in [-0.2, 0) is 17.7 Å². The zero-order chi connectivity index (χ0) is 17.6. The minimum absolute atomic E-state index is 0.152. The lowest BCUT2D eigenvalue weighted by molar-refractivity contribution is 0.0187. The number of carbonyl (C=O) groups excluding carboxylic acids is 1. The van der Waals surface area contributed by atoms with Gasteiger partial charge in [0.25, 0.3) is 0 Å². The lowest BCUT2D eigenvalue weighted by Gasteiger charge is -2.22. The Morgan fingerprint density at radius 1 is 1.36 bits per heavy atom. The van der Waals surface area contributed by atoms with Gasteiger partial charge in [0.15, 0.2) is 0 Å². The second-order valence-corrected chi connectivity index (χ2v) is 5.94. The van der Waals surface area contributed by atoms with Gasteiger partial charge in [0.05, 0.1) is 25.4 Å². The summed E-state index contributed by atoms with van der Waals surface area (Å²) in [7, 11) is 1.62. The molecule has 1 fully saturated rings. The lowest BCUT2D eigenvalue weighted by Crippen LogP contribution is -2.41. The first-order valence-corrected chi connectivity index (χ1v) is 8.13. The van der Waals surface area contributed by atoms with E-state index < -0.39 is 18.3 Å². The monoisotopic (exact) mass is 346 g/mol. The van der Waals surface area contributed by atoms with E-state index in [2.05, 4.69) is 20.8 Å². The average molecular weight is 346 g/mol. The average Bonchev–Trinajstić information content (AvgIpc) is 3.26. The van der Waals surface area contributed by atoms with Crippen LogP contribution in [-0.4, -0.2) is 53.3 Å². The highest BCUT2D eigenvalue weighted by Crippen LogP contribution is 2.19. The van der Waals surface area contributed by atoms with Crippen molar-refractivity contribution in [3.63, 3.8) is 0 Å². The maximum atomic E-state index is 12.0. The number of amides is 1. The molecule has 0 saturated carbocycles. The van der Waals surface area contributed by atoms with Crippen molar-refractivity contribution in [2.75, 3.05) is 13.7 Å². The normalized spacial score (nSPS) is 22.6. The van der Waals surface area contributed by atoms with Crippen LogP contribution in [0.15, 0.2) is 36.5 Å². The Labute approximate surface area is 145 Å². The van der Waals surface area contributed by atoms with E-state index in [9.17, 15) is 9.90 Å². The van der Waals surface area contributed by atoms with Crippen LogP contribution in [0.1, 0.15) is 11.3 Å².